The molecule has 2 heterocycles. The maximum Gasteiger partial charge on any atom is 0.573 e. The van der Waals surface area contributed by atoms with Crippen LogP contribution < -0.4 is 14.8 Å². The molecule has 29 heavy (non-hydrogen) atoms. The molecule has 0 bridgehead atoms. The highest BCUT2D eigenvalue weighted by Gasteiger charge is 2.53. The molecule has 2 atom stereocenters. The number of rotatable bonds is 6. The molecule has 2 fully saturated rings. The molecule has 1 aliphatic heterocycles. The van der Waals surface area contributed by atoms with Gasteiger partial charge in [0.15, 0.2) is 0 Å². The highest BCUT2D eigenvalue weighted by Crippen LogP contribution is 2.49. The lowest BCUT2D eigenvalue weighted by atomic mass is 10.2. The van der Waals surface area contributed by atoms with E-state index in [1.54, 1.807) is 24.3 Å². The summed E-state index contributed by atoms with van der Waals surface area (Å²) in [5.41, 5.74) is 0.522. The fourth-order valence-electron chi connectivity index (χ4n) is 3.90. The van der Waals surface area contributed by atoms with Crippen molar-refractivity contribution in [2.45, 2.75) is 12.9 Å². The lowest BCUT2D eigenvalue weighted by Gasteiger charge is -2.23. The number of carbonyl (C=O) groups excluding carboxylic acids is 1. The van der Waals surface area contributed by atoms with Crippen LogP contribution in [0.15, 0.2) is 48.7 Å². The quantitative estimate of drug-likeness (QED) is 0.795. The molecule has 1 saturated heterocycles. The fourth-order valence-corrected chi connectivity index (χ4v) is 3.90. The molecule has 2 aromatic rings. The molecular weight excluding hydrogens is 387 g/mol. The van der Waals surface area contributed by atoms with Crippen LogP contribution in [0, 0.1) is 17.8 Å². The zero-order valence-corrected chi connectivity index (χ0v) is 15.4. The van der Waals surface area contributed by atoms with E-state index in [1.807, 2.05) is 0 Å². The molecule has 0 spiro atoms. The number of amides is 1. The average Bonchev–Trinajstić information content (AvgIpc) is 3.08. The molecule has 9 heteroatoms. The number of aromatic nitrogens is 1. The maximum atomic E-state index is 12.8. The number of benzene rings is 1. The Morgan fingerprint density at radius 3 is 2.66 bits per heavy atom. The van der Waals surface area contributed by atoms with Gasteiger partial charge in [-0.2, -0.15) is 0 Å². The normalized spacial score (nSPS) is 22.7. The molecule has 4 rings (SSSR count). The van der Waals surface area contributed by atoms with E-state index in [4.69, 9.17) is 4.74 Å². The van der Waals surface area contributed by atoms with Crippen LogP contribution in [0.5, 0.6) is 11.6 Å². The van der Waals surface area contributed by atoms with Crippen LogP contribution in [0.1, 0.15) is 5.56 Å². The van der Waals surface area contributed by atoms with E-state index in [1.165, 1.54) is 29.3 Å². The Labute approximate surface area is 165 Å². The van der Waals surface area contributed by atoms with Crippen molar-refractivity contribution in [3.8, 4) is 11.6 Å². The summed E-state index contributed by atoms with van der Waals surface area (Å²) in [6, 6.07) is 10.6. The summed E-state index contributed by atoms with van der Waals surface area (Å²) in [6.45, 7) is 2.44. The monoisotopic (exact) mass is 407 g/mol. The Bertz CT molecular complexity index is 853. The van der Waals surface area contributed by atoms with Crippen LogP contribution in [0.3, 0.4) is 0 Å². The number of pyridine rings is 1. The number of fused-ring (bicyclic) bond motifs is 1. The standard InChI is InChI=1S/C20H20F3N3O3/c21-20(22,23)29-14-5-3-4-13(8-14)11-26(12-17-15-9-24-10-16(15)17)19(27)28-18-6-1-2-7-25-18/h1-8,15-17,24H,9-12H2. The minimum atomic E-state index is -4.77. The van der Waals surface area contributed by atoms with Gasteiger partial charge in [-0.3, -0.25) is 0 Å². The van der Waals surface area contributed by atoms with Crippen LogP contribution in [-0.2, 0) is 6.54 Å². The van der Waals surface area contributed by atoms with Crippen LogP contribution in [0.25, 0.3) is 0 Å². The Hall–Kier alpha value is -2.81. The summed E-state index contributed by atoms with van der Waals surface area (Å²) >= 11 is 0. The van der Waals surface area contributed by atoms with Gasteiger partial charge in [-0.05, 0) is 54.6 Å². The molecule has 1 N–H and O–H groups in total. The Morgan fingerprint density at radius 1 is 1.17 bits per heavy atom. The van der Waals surface area contributed by atoms with Gasteiger partial charge in [0.25, 0.3) is 0 Å². The molecule has 2 aliphatic rings. The van der Waals surface area contributed by atoms with E-state index in [9.17, 15) is 18.0 Å². The number of hydrogen-bond donors (Lipinski definition) is 1. The molecule has 6 nitrogen and oxygen atoms in total. The van der Waals surface area contributed by atoms with Gasteiger partial charge in [0, 0.05) is 25.4 Å². The van der Waals surface area contributed by atoms with E-state index >= 15 is 0 Å². The smallest absolute Gasteiger partial charge is 0.406 e. The predicted octanol–water partition coefficient (Wildman–Crippen LogP) is 3.45. The SMILES string of the molecule is O=C(Oc1ccccn1)N(Cc1cccc(OC(F)(F)F)c1)CC1C2CNCC21. The Morgan fingerprint density at radius 2 is 1.97 bits per heavy atom. The lowest BCUT2D eigenvalue weighted by Crippen LogP contribution is -2.36. The predicted molar refractivity (Wildman–Crippen MR) is 97.1 cm³/mol. The summed E-state index contributed by atoms with van der Waals surface area (Å²) in [5, 5.41) is 3.31. The second-order valence-electron chi connectivity index (χ2n) is 7.26. The molecule has 1 amide bonds. The highest BCUT2D eigenvalue weighted by atomic mass is 19.4. The average molecular weight is 407 g/mol. The van der Waals surface area contributed by atoms with Crippen LogP contribution >= 0.6 is 0 Å². The highest BCUT2D eigenvalue weighted by molar-refractivity contribution is 5.70. The first kappa shape index (κ1) is 19.5. The van der Waals surface area contributed by atoms with Crippen LogP contribution in [-0.4, -0.2) is 42.0 Å². The van der Waals surface area contributed by atoms with Gasteiger partial charge in [0.2, 0.25) is 5.88 Å². The number of carbonyl (C=O) groups is 1. The van der Waals surface area contributed by atoms with Gasteiger partial charge in [0.05, 0.1) is 0 Å². The summed E-state index contributed by atoms with van der Waals surface area (Å²) in [4.78, 5) is 18.3. The Kier molecular flexibility index (Phi) is 5.31. The number of alkyl halides is 3. The van der Waals surface area contributed by atoms with E-state index < -0.39 is 12.5 Å². The molecular formula is C20H20F3N3O3. The van der Waals surface area contributed by atoms with Crippen molar-refractivity contribution in [3.05, 3.63) is 54.2 Å². The number of hydrogen-bond acceptors (Lipinski definition) is 5. The minimum absolute atomic E-state index is 0.115. The number of nitrogens with zero attached hydrogens (tertiary/aromatic N) is 2. The largest absolute Gasteiger partial charge is 0.573 e. The molecule has 1 aliphatic carbocycles. The molecule has 2 unspecified atom stereocenters. The second kappa shape index (κ2) is 7.90. The first-order valence-electron chi connectivity index (χ1n) is 9.32. The first-order chi connectivity index (χ1) is 13.9. The lowest BCUT2D eigenvalue weighted by molar-refractivity contribution is -0.274. The zero-order chi connectivity index (χ0) is 20.4. The van der Waals surface area contributed by atoms with E-state index in [2.05, 4.69) is 15.0 Å². The Balaban J connectivity index is 1.47. The van der Waals surface area contributed by atoms with Gasteiger partial charge < -0.3 is 19.7 Å². The minimum Gasteiger partial charge on any atom is -0.406 e. The zero-order valence-electron chi connectivity index (χ0n) is 15.4. The van der Waals surface area contributed by atoms with Crippen molar-refractivity contribution in [3.63, 3.8) is 0 Å². The maximum absolute atomic E-state index is 12.8. The van der Waals surface area contributed by atoms with E-state index in [0.717, 1.165) is 13.1 Å². The van der Waals surface area contributed by atoms with Gasteiger partial charge >= 0.3 is 12.5 Å². The van der Waals surface area contributed by atoms with Crippen molar-refractivity contribution < 1.29 is 27.4 Å². The van der Waals surface area contributed by atoms with Crippen LogP contribution in [0.2, 0.25) is 0 Å². The molecule has 1 aromatic heterocycles. The third-order valence-electron chi connectivity index (χ3n) is 5.29. The topological polar surface area (TPSA) is 63.7 Å². The second-order valence-corrected chi connectivity index (χ2v) is 7.26. The van der Waals surface area contributed by atoms with Crippen molar-refractivity contribution >= 4 is 6.09 Å². The third-order valence-corrected chi connectivity index (χ3v) is 5.29. The third kappa shape index (κ3) is 4.97. The number of halogens is 3. The molecule has 1 saturated carbocycles. The van der Waals surface area contributed by atoms with Crippen LogP contribution in [0.4, 0.5) is 18.0 Å². The van der Waals surface area contributed by atoms with Crippen molar-refractivity contribution in [1.29, 1.82) is 0 Å². The van der Waals surface area contributed by atoms with Gasteiger partial charge in [-0.25, -0.2) is 9.78 Å². The number of ether oxygens (including phenoxy) is 2. The number of piperidine rings is 1. The fraction of sp³-hybridized carbons (Fsp3) is 0.400. The van der Waals surface area contributed by atoms with Crippen molar-refractivity contribution in [2.75, 3.05) is 19.6 Å². The van der Waals surface area contributed by atoms with Gasteiger partial charge in [-0.1, -0.05) is 18.2 Å². The van der Waals surface area contributed by atoms with Crippen molar-refractivity contribution in [1.82, 2.24) is 15.2 Å². The molecule has 1 aromatic carbocycles. The van der Waals surface area contributed by atoms with Gasteiger partial charge in [-0.15, -0.1) is 13.2 Å². The van der Waals surface area contributed by atoms with Crippen molar-refractivity contribution in [2.24, 2.45) is 17.8 Å². The summed E-state index contributed by atoms with van der Waals surface area (Å²) in [7, 11) is 0. The van der Waals surface area contributed by atoms with Gasteiger partial charge in [0.1, 0.15) is 5.75 Å². The van der Waals surface area contributed by atoms with E-state index in [0.29, 0.717) is 29.9 Å². The first-order valence-corrected chi connectivity index (χ1v) is 9.32. The van der Waals surface area contributed by atoms with E-state index in [-0.39, 0.29) is 18.2 Å². The summed E-state index contributed by atoms with van der Waals surface area (Å²) in [6.07, 6.45) is -3.83. The summed E-state index contributed by atoms with van der Waals surface area (Å²) in [5.74, 6) is 1.28. The molecule has 0 radical (unpaired) electrons. The molecule has 154 valence electrons. The number of nitrogens with one attached hydrogen (secondary N) is 1. The summed E-state index contributed by atoms with van der Waals surface area (Å²) < 4.78 is 46.8.